The summed E-state index contributed by atoms with van der Waals surface area (Å²) < 4.78 is 0. The summed E-state index contributed by atoms with van der Waals surface area (Å²) in [6, 6.07) is 0.235. The highest BCUT2D eigenvalue weighted by atomic mass is 16.1. The van der Waals surface area contributed by atoms with Crippen molar-refractivity contribution in [1.29, 1.82) is 0 Å². The van der Waals surface area contributed by atoms with Gasteiger partial charge in [-0.25, -0.2) is 0 Å². The molecule has 3 N–H and O–H groups in total. The van der Waals surface area contributed by atoms with Crippen molar-refractivity contribution < 1.29 is 4.79 Å². The lowest BCUT2D eigenvalue weighted by atomic mass is 9.61. The number of rotatable bonds is 5. The van der Waals surface area contributed by atoms with Crippen molar-refractivity contribution in [3.63, 3.8) is 0 Å². The smallest absolute Gasteiger partial charge is 0.223 e. The Morgan fingerprint density at radius 1 is 1.29 bits per heavy atom. The summed E-state index contributed by atoms with van der Waals surface area (Å²) in [5, 5.41) is 3.16. The molecule has 4 heteroatoms. The van der Waals surface area contributed by atoms with Crippen LogP contribution < -0.4 is 11.1 Å². The Balaban J connectivity index is 1.74. The molecule has 1 saturated heterocycles. The van der Waals surface area contributed by atoms with Gasteiger partial charge < -0.3 is 16.0 Å². The largest absolute Gasteiger partial charge is 0.356 e. The number of nitrogens with zero attached hydrogens (tertiary/aromatic N) is 1. The molecule has 0 aromatic heterocycles. The Hall–Kier alpha value is -0.610. The van der Waals surface area contributed by atoms with Crippen molar-refractivity contribution in [2.45, 2.75) is 58.9 Å². The molecular formula is C17H33N3O. The topological polar surface area (TPSA) is 58.4 Å². The second-order valence-electron chi connectivity index (χ2n) is 7.60. The first-order valence-corrected chi connectivity index (χ1v) is 8.68. The van der Waals surface area contributed by atoms with Gasteiger partial charge in [0.1, 0.15) is 0 Å². The summed E-state index contributed by atoms with van der Waals surface area (Å²) in [5.41, 5.74) is 6.17. The molecule has 1 saturated carbocycles. The molecule has 3 atom stereocenters. The highest BCUT2D eigenvalue weighted by molar-refractivity contribution is 5.79. The molecule has 0 radical (unpaired) electrons. The van der Waals surface area contributed by atoms with Gasteiger partial charge >= 0.3 is 0 Å². The van der Waals surface area contributed by atoms with E-state index in [0.717, 1.165) is 32.4 Å². The van der Waals surface area contributed by atoms with E-state index in [-0.39, 0.29) is 23.3 Å². The van der Waals surface area contributed by atoms with E-state index in [1.54, 1.807) is 0 Å². The quantitative estimate of drug-likeness (QED) is 0.763. The average molecular weight is 295 g/mol. The van der Waals surface area contributed by atoms with Gasteiger partial charge in [-0.1, -0.05) is 20.8 Å². The molecule has 4 nitrogen and oxygen atoms in total. The standard InChI is InChI=1S/C17H33N3O/c1-13-15(18)8-7-14(17(13,2)3)16(21)19-9-6-12-20-10-4-5-11-20/h13-15H,4-12,18H2,1-3H3,(H,19,21). The van der Waals surface area contributed by atoms with Crippen LogP contribution in [-0.4, -0.2) is 43.0 Å². The molecule has 1 aliphatic heterocycles. The van der Waals surface area contributed by atoms with Gasteiger partial charge in [-0.05, 0) is 63.1 Å². The number of nitrogens with two attached hydrogens (primary N) is 1. The molecule has 2 rings (SSSR count). The SMILES string of the molecule is CC1C(N)CCC(C(=O)NCCCN2CCCC2)C1(C)C. The maximum absolute atomic E-state index is 12.5. The van der Waals surface area contributed by atoms with Crippen LogP contribution in [0.1, 0.15) is 52.9 Å². The van der Waals surface area contributed by atoms with E-state index in [0.29, 0.717) is 5.92 Å². The van der Waals surface area contributed by atoms with Gasteiger partial charge in [0.15, 0.2) is 0 Å². The van der Waals surface area contributed by atoms with E-state index in [2.05, 4.69) is 31.0 Å². The molecule has 2 fully saturated rings. The molecule has 0 aromatic carbocycles. The number of likely N-dealkylation sites (tertiary alicyclic amines) is 1. The third-order valence-electron chi connectivity index (χ3n) is 5.97. The summed E-state index contributed by atoms with van der Waals surface area (Å²) >= 11 is 0. The summed E-state index contributed by atoms with van der Waals surface area (Å²) in [6.07, 6.45) is 5.63. The minimum Gasteiger partial charge on any atom is -0.356 e. The second-order valence-corrected chi connectivity index (χ2v) is 7.60. The fraction of sp³-hybridized carbons (Fsp3) is 0.941. The molecule has 0 bridgehead atoms. The van der Waals surface area contributed by atoms with Crippen LogP contribution in [0.25, 0.3) is 0 Å². The third-order valence-corrected chi connectivity index (χ3v) is 5.97. The molecule has 122 valence electrons. The summed E-state index contributed by atoms with van der Waals surface area (Å²) in [4.78, 5) is 15.0. The third kappa shape index (κ3) is 3.98. The molecule has 3 unspecified atom stereocenters. The number of nitrogens with one attached hydrogen (secondary N) is 1. The molecule has 0 aromatic rings. The predicted molar refractivity (Wildman–Crippen MR) is 86.9 cm³/mol. The van der Waals surface area contributed by atoms with Crippen LogP contribution >= 0.6 is 0 Å². The molecule has 1 aliphatic carbocycles. The van der Waals surface area contributed by atoms with Gasteiger partial charge in [0.05, 0.1) is 0 Å². The van der Waals surface area contributed by atoms with Crippen molar-refractivity contribution in [2.24, 2.45) is 23.0 Å². The van der Waals surface area contributed by atoms with Gasteiger partial charge in [-0.3, -0.25) is 4.79 Å². The monoisotopic (exact) mass is 295 g/mol. The van der Waals surface area contributed by atoms with E-state index >= 15 is 0 Å². The molecule has 21 heavy (non-hydrogen) atoms. The van der Waals surface area contributed by atoms with Crippen molar-refractivity contribution in [3.8, 4) is 0 Å². The number of hydrogen-bond acceptors (Lipinski definition) is 3. The highest BCUT2D eigenvalue weighted by Gasteiger charge is 2.44. The highest BCUT2D eigenvalue weighted by Crippen LogP contribution is 2.44. The van der Waals surface area contributed by atoms with Gasteiger partial charge in [-0.2, -0.15) is 0 Å². The second kappa shape index (κ2) is 7.10. The van der Waals surface area contributed by atoms with E-state index in [4.69, 9.17) is 5.73 Å². The van der Waals surface area contributed by atoms with Gasteiger partial charge in [0.25, 0.3) is 0 Å². The maximum Gasteiger partial charge on any atom is 0.223 e. The van der Waals surface area contributed by atoms with Crippen LogP contribution in [-0.2, 0) is 4.79 Å². The van der Waals surface area contributed by atoms with E-state index in [9.17, 15) is 4.79 Å². The molecule has 1 amide bonds. The zero-order valence-corrected chi connectivity index (χ0v) is 14.0. The molecule has 0 spiro atoms. The minimum atomic E-state index is -0.00327. The van der Waals surface area contributed by atoms with Crippen LogP contribution in [0.3, 0.4) is 0 Å². The van der Waals surface area contributed by atoms with Crippen LogP contribution in [0.15, 0.2) is 0 Å². The zero-order valence-electron chi connectivity index (χ0n) is 14.0. The number of hydrogen-bond donors (Lipinski definition) is 2. The number of carbonyl (C=O) groups excluding carboxylic acids is 1. The fourth-order valence-electron chi connectivity index (χ4n) is 3.96. The summed E-state index contributed by atoms with van der Waals surface area (Å²) in [6.45, 7) is 11.0. The Kier molecular flexibility index (Phi) is 5.67. The van der Waals surface area contributed by atoms with Crippen LogP contribution in [0.5, 0.6) is 0 Å². The lowest BCUT2D eigenvalue weighted by Crippen LogP contribution is -2.51. The number of carbonyl (C=O) groups is 1. The van der Waals surface area contributed by atoms with Crippen molar-refractivity contribution in [1.82, 2.24) is 10.2 Å². The van der Waals surface area contributed by atoms with E-state index < -0.39 is 0 Å². The van der Waals surface area contributed by atoms with Gasteiger partial charge in [-0.15, -0.1) is 0 Å². The minimum absolute atomic E-state index is 0.00327. The van der Waals surface area contributed by atoms with Crippen LogP contribution in [0.2, 0.25) is 0 Å². The first-order chi connectivity index (χ1) is 9.93. The predicted octanol–water partition coefficient (Wildman–Crippen LogP) is 1.99. The molecular weight excluding hydrogens is 262 g/mol. The lowest BCUT2D eigenvalue weighted by molar-refractivity contribution is -0.132. The summed E-state index contributed by atoms with van der Waals surface area (Å²) in [5.74, 6) is 0.742. The Bertz CT molecular complexity index is 350. The average Bonchev–Trinajstić information content (AvgIpc) is 2.94. The molecule has 1 heterocycles. The van der Waals surface area contributed by atoms with Crippen molar-refractivity contribution in [3.05, 3.63) is 0 Å². The Morgan fingerprint density at radius 3 is 2.62 bits per heavy atom. The van der Waals surface area contributed by atoms with E-state index in [1.807, 2.05) is 0 Å². The fourth-order valence-corrected chi connectivity index (χ4v) is 3.96. The maximum atomic E-state index is 12.5. The first-order valence-electron chi connectivity index (χ1n) is 8.68. The normalized spacial score (nSPS) is 33.0. The zero-order chi connectivity index (χ0) is 15.5. The number of amides is 1. The van der Waals surface area contributed by atoms with Crippen molar-refractivity contribution in [2.75, 3.05) is 26.2 Å². The lowest BCUT2D eigenvalue weighted by Gasteiger charge is -2.46. The Morgan fingerprint density at radius 2 is 1.95 bits per heavy atom. The molecule has 2 aliphatic rings. The van der Waals surface area contributed by atoms with Gasteiger partial charge in [0, 0.05) is 18.5 Å². The van der Waals surface area contributed by atoms with Gasteiger partial charge in [0.2, 0.25) is 5.91 Å². The summed E-state index contributed by atoms with van der Waals surface area (Å²) in [7, 11) is 0. The van der Waals surface area contributed by atoms with Crippen molar-refractivity contribution >= 4 is 5.91 Å². The Labute approximate surface area is 129 Å². The van der Waals surface area contributed by atoms with Crippen LogP contribution in [0, 0.1) is 17.3 Å². The van der Waals surface area contributed by atoms with Crippen LogP contribution in [0.4, 0.5) is 0 Å². The first kappa shape index (κ1) is 16.8. The van der Waals surface area contributed by atoms with E-state index in [1.165, 1.54) is 25.9 Å².